The van der Waals surface area contributed by atoms with E-state index in [0.29, 0.717) is 11.5 Å². The van der Waals surface area contributed by atoms with E-state index in [4.69, 9.17) is 14.5 Å². The van der Waals surface area contributed by atoms with Crippen LogP contribution in [-0.2, 0) is 11.2 Å². The van der Waals surface area contributed by atoms with E-state index in [1.807, 2.05) is 36.4 Å². The molecule has 0 spiro atoms. The molecule has 4 rings (SSSR count). The van der Waals surface area contributed by atoms with Crippen molar-refractivity contribution in [3.05, 3.63) is 83.2 Å². The van der Waals surface area contributed by atoms with Crippen LogP contribution in [0.5, 0.6) is 11.5 Å². The molecule has 0 atom stereocenters. The fourth-order valence-electron chi connectivity index (χ4n) is 3.37. The first-order chi connectivity index (χ1) is 15.6. The first-order valence-corrected chi connectivity index (χ1v) is 11.1. The lowest BCUT2D eigenvalue weighted by Gasteiger charge is -2.10. The van der Waals surface area contributed by atoms with Crippen molar-refractivity contribution in [2.45, 2.75) is 13.3 Å². The number of ether oxygens (including phenoxy) is 2. The number of thiazole rings is 1. The highest BCUT2D eigenvalue weighted by Gasteiger charge is 2.11. The van der Waals surface area contributed by atoms with Crippen molar-refractivity contribution < 1.29 is 14.3 Å². The first kappa shape index (κ1) is 21.6. The maximum atomic E-state index is 12.6. The van der Waals surface area contributed by atoms with Crippen molar-refractivity contribution in [3.8, 4) is 33.3 Å². The summed E-state index contributed by atoms with van der Waals surface area (Å²) >= 11 is 1.59. The number of carbonyl (C=O) groups excluding carboxylic acids is 1. The second-order valence-electron chi connectivity index (χ2n) is 7.40. The molecule has 1 amide bonds. The number of carbonyl (C=O) groups is 1. The van der Waals surface area contributed by atoms with E-state index >= 15 is 0 Å². The molecular formula is C26H24N2O3S. The van der Waals surface area contributed by atoms with Crippen molar-refractivity contribution in [2.24, 2.45) is 0 Å². The van der Waals surface area contributed by atoms with Gasteiger partial charge in [0.25, 0.3) is 0 Å². The third-order valence-electron chi connectivity index (χ3n) is 5.06. The van der Waals surface area contributed by atoms with Crippen LogP contribution in [0.3, 0.4) is 0 Å². The smallest absolute Gasteiger partial charge is 0.228 e. The molecule has 1 N–H and O–H groups in total. The number of amides is 1. The number of hydrogen-bond donors (Lipinski definition) is 1. The molecule has 0 aliphatic carbocycles. The molecule has 0 saturated heterocycles. The van der Waals surface area contributed by atoms with Gasteiger partial charge in [-0.2, -0.15) is 0 Å². The molecule has 0 aliphatic rings. The monoisotopic (exact) mass is 444 g/mol. The fraction of sp³-hybridized carbons (Fsp3) is 0.154. The Morgan fingerprint density at radius 2 is 1.72 bits per heavy atom. The van der Waals surface area contributed by atoms with Gasteiger partial charge in [0.1, 0.15) is 5.01 Å². The lowest BCUT2D eigenvalue weighted by atomic mass is 10.1. The maximum Gasteiger partial charge on any atom is 0.228 e. The summed E-state index contributed by atoms with van der Waals surface area (Å²) in [7, 11) is 3.17. The van der Waals surface area contributed by atoms with Crippen LogP contribution in [0.4, 0.5) is 5.69 Å². The van der Waals surface area contributed by atoms with Crippen LogP contribution in [0, 0.1) is 6.92 Å². The van der Waals surface area contributed by atoms with E-state index in [1.54, 1.807) is 31.6 Å². The summed E-state index contributed by atoms with van der Waals surface area (Å²) in [6.45, 7) is 2.07. The minimum absolute atomic E-state index is 0.103. The molecule has 5 nitrogen and oxygen atoms in total. The van der Waals surface area contributed by atoms with Crippen LogP contribution in [0.25, 0.3) is 21.8 Å². The molecule has 6 heteroatoms. The largest absolute Gasteiger partial charge is 0.493 e. The second kappa shape index (κ2) is 9.66. The van der Waals surface area contributed by atoms with Gasteiger partial charge in [-0.25, -0.2) is 4.98 Å². The van der Waals surface area contributed by atoms with Gasteiger partial charge in [-0.05, 0) is 36.8 Å². The van der Waals surface area contributed by atoms with Crippen LogP contribution < -0.4 is 14.8 Å². The molecule has 162 valence electrons. The molecule has 1 heterocycles. The van der Waals surface area contributed by atoms with Gasteiger partial charge >= 0.3 is 0 Å². The van der Waals surface area contributed by atoms with E-state index in [-0.39, 0.29) is 12.3 Å². The average Bonchev–Trinajstić information content (AvgIpc) is 3.30. The minimum atomic E-state index is -0.103. The van der Waals surface area contributed by atoms with Gasteiger partial charge in [0.15, 0.2) is 11.5 Å². The van der Waals surface area contributed by atoms with E-state index in [0.717, 1.165) is 33.1 Å². The number of hydrogen-bond acceptors (Lipinski definition) is 5. The number of methoxy groups -OCH3 is 2. The highest BCUT2D eigenvalue weighted by atomic mass is 32.1. The zero-order valence-corrected chi connectivity index (χ0v) is 19.0. The lowest BCUT2D eigenvalue weighted by Crippen LogP contribution is -2.14. The highest BCUT2D eigenvalue weighted by molar-refractivity contribution is 7.13. The Hall–Kier alpha value is -3.64. The van der Waals surface area contributed by atoms with Crippen molar-refractivity contribution in [1.82, 2.24) is 4.98 Å². The molecule has 0 saturated carbocycles. The number of anilines is 1. The van der Waals surface area contributed by atoms with Gasteiger partial charge in [-0.15, -0.1) is 11.3 Å². The average molecular weight is 445 g/mol. The van der Waals surface area contributed by atoms with Crippen molar-refractivity contribution in [2.75, 3.05) is 19.5 Å². The third kappa shape index (κ3) is 4.98. The van der Waals surface area contributed by atoms with Crippen molar-refractivity contribution >= 4 is 22.9 Å². The van der Waals surface area contributed by atoms with E-state index < -0.39 is 0 Å². The summed E-state index contributed by atoms with van der Waals surface area (Å²) in [5, 5.41) is 5.95. The van der Waals surface area contributed by atoms with Gasteiger partial charge in [0, 0.05) is 22.2 Å². The SMILES string of the molecule is COc1ccc(CC(=O)Nc2cccc(-c3nc(-c4ccc(C)cc4)cs3)c2)cc1OC. The Morgan fingerprint density at radius 1 is 0.938 bits per heavy atom. The fourth-order valence-corrected chi connectivity index (χ4v) is 4.20. The van der Waals surface area contributed by atoms with Gasteiger partial charge in [-0.1, -0.05) is 48.0 Å². The number of nitrogens with zero attached hydrogens (tertiary/aromatic N) is 1. The maximum absolute atomic E-state index is 12.6. The predicted octanol–water partition coefficient (Wildman–Crippen LogP) is 5.98. The van der Waals surface area contributed by atoms with Gasteiger partial charge in [0.2, 0.25) is 5.91 Å². The Bertz CT molecular complexity index is 1230. The molecule has 0 unspecified atom stereocenters. The summed E-state index contributed by atoms with van der Waals surface area (Å²) in [6.07, 6.45) is 0.236. The quantitative estimate of drug-likeness (QED) is 0.381. The van der Waals surface area contributed by atoms with Crippen LogP contribution in [-0.4, -0.2) is 25.1 Å². The summed E-state index contributed by atoms with van der Waals surface area (Å²) in [5.41, 5.74) is 5.82. The molecule has 32 heavy (non-hydrogen) atoms. The molecule has 1 aromatic heterocycles. The molecule has 0 bridgehead atoms. The summed E-state index contributed by atoms with van der Waals surface area (Å²) in [5.74, 6) is 1.14. The predicted molar refractivity (Wildman–Crippen MR) is 130 cm³/mol. The number of aryl methyl sites for hydroxylation is 1. The Balaban J connectivity index is 1.46. The summed E-state index contributed by atoms with van der Waals surface area (Å²) in [4.78, 5) is 17.4. The second-order valence-corrected chi connectivity index (χ2v) is 8.26. The highest BCUT2D eigenvalue weighted by Crippen LogP contribution is 2.31. The van der Waals surface area contributed by atoms with Gasteiger partial charge in [0.05, 0.1) is 26.3 Å². The van der Waals surface area contributed by atoms with Gasteiger partial charge < -0.3 is 14.8 Å². The van der Waals surface area contributed by atoms with Crippen LogP contribution in [0.2, 0.25) is 0 Å². The third-order valence-corrected chi connectivity index (χ3v) is 5.95. The van der Waals surface area contributed by atoms with Crippen LogP contribution in [0.1, 0.15) is 11.1 Å². The zero-order valence-electron chi connectivity index (χ0n) is 18.2. The van der Waals surface area contributed by atoms with Crippen LogP contribution >= 0.6 is 11.3 Å². The van der Waals surface area contributed by atoms with Crippen molar-refractivity contribution in [1.29, 1.82) is 0 Å². The molecule has 3 aromatic carbocycles. The number of rotatable bonds is 7. The Kier molecular flexibility index (Phi) is 6.52. The van der Waals surface area contributed by atoms with Gasteiger partial charge in [-0.3, -0.25) is 4.79 Å². The summed E-state index contributed by atoms with van der Waals surface area (Å²) in [6, 6.07) is 21.6. The van der Waals surface area contributed by atoms with E-state index in [1.165, 1.54) is 5.56 Å². The van der Waals surface area contributed by atoms with Crippen LogP contribution in [0.15, 0.2) is 72.1 Å². The molecular weight excluding hydrogens is 420 g/mol. The van der Waals surface area contributed by atoms with Crippen molar-refractivity contribution in [3.63, 3.8) is 0 Å². The van der Waals surface area contributed by atoms with E-state index in [2.05, 4.69) is 41.9 Å². The lowest BCUT2D eigenvalue weighted by molar-refractivity contribution is -0.115. The number of aromatic nitrogens is 1. The van der Waals surface area contributed by atoms with E-state index in [9.17, 15) is 4.79 Å². The Morgan fingerprint density at radius 3 is 2.47 bits per heavy atom. The normalized spacial score (nSPS) is 10.6. The topological polar surface area (TPSA) is 60.5 Å². The molecule has 0 fully saturated rings. The standard InChI is InChI=1S/C26H24N2O3S/c1-17-7-10-19(11-8-17)22-16-32-26(28-22)20-5-4-6-21(15-20)27-25(29)14-18-9-12-23(30-2)24(13-18)31-3/h4-13,15-16H,14H2,1-3H3,(H,27,29). The Labute approximate surface area is 191 Å². The summed E-state index contributed by atoms with van der Waals surface area (Å²) < 4.78 is 10.6. The molecule has 4 aromatic rings. The zero-order chi connectivity index (χ0) is 22.5. The minimum Gasteiger partial charge on any atom is -0.493 e. The number of nitrogens with one attached hydrogen (secondary N) is 1. The molecule has 0 aliphatic heterocycles. The first-order valence-electron chi connectivity index (χ1n) is 10.2. The number of benzene rings is 3. The molecule has 0 radical (unpaired) electrons.